The maximum absolute atomic E-state index is 11.6. The Bertz CT molecular complexity index is 530. The molecule has 0 saturated heterocycles. The van der Waals surface area contributed by atoms with Crippen molar-refractivity contribution in [3.05, 3.63) is 29.3 Å². The number of Topliss-reactive ketones (excluding diaryl/α,β-unsaturated/α-hetero) is 1. The van der Waals surface area contributed by atoms with Crippen molar-refractivity contribution in [1.29, 1.82) is 0 Å². The largest absolute Gasteiger partial charge is 0.490 e. The minimum absolute atomic E-state index is 0.00857. The summed E-state index contributed by atoms with van der Waals surface area (Å²) in [5.74, 6) is 1.20. The second-order valence-electron chi connectivity index (χ2n) is 6.93. The van der Waals surface area contributed by atoms with E-state index in [4.69, 9.17) is 9.47 Å². The van der Waals surface area contributed by atoms with Gasteiger partial charge in [-0.1, -0.05) is 20.8 Å². The molecule has 0 bridgehead atoms. The first-order chi connectivity index (χ1) is 11.8. The molecule has 1 aromatic rings. The highest BCUT2D eigenvalue weighted by Crippen LogP contribution is 2.22. The molecule has 0 aromatic heterocycles. The molecule has 0 spiro atoms. The van der Waals surface area contributed by atoms with Gasteiger partial charge in [-0.15, -0.1) is 0 Å². The van der Waals surface area contributed by atoms with Gasteiger partial charge in [-0.05, 0) is 50.9 Å². The first kappa shape index (κ1) is 21.6. The van der Waals surface area contributed by atoms with Crippen LogP contribution in [0, 0.1) is 5.92 Å². The molecule has 0 amide bonds. The monoisotopic (exact) mass is 351 g/mol. The van der Waals surface area contributed by atoms with Gasteiger partial charge < -0.3 is 19.9 Å². The zero-order valence-electron chi connectivity index (χ0n) is 16.2. The summed E-state index contributed by atoms with van der Waals surface area (Å²) in [4.78, 5) is 11.6. The van der Waals surface area contributed by atoms with Crippen LogP contribution in [0.2, 0.25) is 0 Å². The Morgan fingerprint density at radius 3 is 2.56 bits per heavy atom. The summed E-state index contributed by atoms with van der Waals surface area (Å²) in [5.41, 5.74) is 1.46. The lowest BCUT2D eigenvalue weighted by atomic mass is 10.1. The van der Waals surface area contributed by atoms with Crippen LogP contribution >= 0.6 is 0 Å². The van der Waals surface area contributed by atoms with Crippen molar-refractivity contribution in [1.82, 2.24) is 5.32 Å². The summed E-state index contributed by atoms with van der Waals surface area (Å²) in [6.45, 7) is 11.8. The van der Waals surface area contributed by atoms with E-state index >= 15 is 0 Å². The van der Waals surface area contributed by atoms with Crippen LogP contribution in [0.3, 0.4) is 0 Å². The highest BCUT2D eigenvalue weighted by molar-refractivity contribution is 5.94. The summed E-state index contributed by atoms with van der Waals surface area (Å²) in [6, 6.07) is 5.33. The lowest BCUT2D eigenvalue weighted by Gasteiger charge is -2.18. The fraction of sp³-hybridized carbons (Fsp3) is 0.650. The molecule has 0 aliphatic heterocycles. The standard InChI is InChI=1S/C20H33NO4/c1-6-15(4)24-12-18-9-17(16(5)22)7-8-20(18)25-13-19(23)11-21-10-14(2)3/h7-9,14-15,19,21,23H,6,10-13H2,1-5H3. The van der Waals surface area contributed by atoms with Crippen LogP contribution in [-0.4, -0.2) is 42.8 Å². The van der Waals surface area contributed by atoms with E-state index in [1.807, 2.05) is 13.0 Å². The van der Waals surface area contributed by atoms with Gasteiger partial charge in [0.2, 0.25) is 0 Å². The Kier molecular flexibility index (Phi) is 9.71. The van der Waals surface area contributed by atoms with Crippen LogP contribution in [-0.2, 0) is 11.3 Å². The number of ether oxygens (including phenoxy) is 2. The Morgan fingerprint density at radius 1 is 1.24 bits per heavy atom. The van der Waals surface area contributed by atoms with Crippen molar-refractivity contribution in [2.24, 2.45) is 5.92 Å². The van der Waals surface area contributed by atoms with E-state index < -0.39 is 6.10 Å². The van der Waals surface area contributed by atoms with E-state index in [1.54, 1.807) is 19.1 Å². The number of aliphatic hydroxyl groups excluding tert-OH is 1. The summed E-state index contributed by atoms with van der Waals surface area (Å²) in [5, 5.41) is 13.2. The second-order valence-corrected chi connectivity index (χ2v) is 6.93. The molecule has 142 valence electrons. The zero-order valence-corrected chi connectivity index (χ0v) is 16.2. The molecule has 25 heavy (non-hydrogen) atoms. The molecular weight excluding hydrogens is 318 g/mol. The molecule has 0 saturated carbocycles. The Morgan fingerprint density at radius 2 is 1.96 bits per heavy atom. The molecule has 2 atom stereocenters. The summed E-state index contributed by atoms with van der Waals surface area (Å²) >= 11 is 0. The Hall–Kier alpha value is -1.43. The maximum Gasteiger partial charge on any atom is 0.159 e. The van der Waals surface area contributed by atoms with Crippen LogP contribution in [0.5, 0.6) is 5.75 Å². The smallest absolute Gasteiger partial charge is 0.159 e. The number of carbonyl (C=O) groups excluding carboxylic acids is 1. The molecular formula is C20H33NO4. The molecule has 2 N–H and O–H groups in total. The predicted molar refractivity (Wildman–Crippen MR) is 100 cm³/mol. The molecule has 0 aliphatic rings. The van der Waals surface area contributed by atoms with Gasteiger partial charge in [-0.25, -0.2) is 0 Å². The van der Waals surface area contributed by atoms with Crippen molar-refractivity contribution in [2.45, 2.75) is 59.9 Å². The van der Waals surface area contributed by atoms with Gasteiger partial charge in [0.05, 0.1) is 12.7 Å². The number of hydrogen-bond acceptors (Lipinski definition) is 5. The number of carbonyl (C=O) groups is 1. The molecule has 2 unspecified atom stereocenters. The highest BCUT2D eigenvalue weighted by Gasteiger charge is 2.12. The fourth-order valence-corrected chi connectivity index (χ4v) is 2.19. The second kappa shape index (κ2) is 11.2. The summed E-state index contributed by atoms with van der Waals surface area (Å²) in [6.07, 6.45) is 0.470. The van der Waals surface area contributed by atoms with E-state index in [1.165, 1.54) is 0 Å². The van der Waals surface area contributed by atoms with E-state index in [0.717, 1.165) is 18.5 Å². The first-order valence-electron chi connectivity index (χ1n) is 9.10. The maximum atomic E-state index is 11.6. The van der Waals surface area contributed by atoms with Crippen molar-refractivity contribution in [3.63, 3.8) is 0 Å². The molecule has 0 radical (unpaired) electrons. The van der Waals surface area contributed by atoms with Gasteiger partial charge in [-0.3, -0.25) is 4.79 Å². The number of hydrogen-bond donors (Lipinski definition) is 2. The van der Waals surface area contributed by atoms with Crippen LogP contribution in [0.1, 0.15) is 57.0 Å². The SMILES string of the molecule is CCC(C)OCc1cc(C(C)=O)ccc1OCC(O)CNCC(C)C. The summed E-state index contributed by atoms with van der Waals surface area (Å²) in [7, 11) is 0. The number of nitrogens with one attached hydrogen (secondary N) is 1. The number of aliphatic hydroxyl groups is 1. The molecule has 0 fully saturated rings. The molecule has 1 rings (SSSR count). The Labute approximate surface area is 151 Å². The Balaban J connectivity index is 2.68. The lowest BCUT2D eigenvalue weighted by molar-refractivity contribution is 0.0479. The van der Waals surface area contributed by atoms with Gasteiger partial charge >= 0.3 is 0 Å². The molecule has 1 aromatic carbocycles. The minimum atomic E-state index is -0.588. The van der Waals surface area contributed by atoms with Crippen LogP contribution in [0.25, 0.3) is 0 Å². The molecule has 0 aliphatic carbocycles. The fourth-order valence-electron chi connectivity index (χ4n) is 2.19. The molecule has 5 heteroatoms. The third kappa shape index (κ3) is 8.47. The number of rotatable bonds is 12. The van der Waals surface area contributed by atoms with Gasteiger partial charge in [0.15, 0.2) is 5.78 Å². The van der Waals surface area contributed by atoms with Crippen molar-refractivity contribution in [2.75, 3.05) is 19.7 Å². The van der Waals surface area contributed by atoms with Gasteiger partial charge in [0.25, 0.3) is 0 Å². The van der Waals surface area contributed by atoms with Gasteiger partial charge in [0, 0.05) is 17.7 Å². The quantitative estimate of drug-likeness (QED) is 0.566. The van der Waals surface area contributed by atoms with Crippen LogP contribution in [0.4, 0.5) is 0 Å². The highest BCUT2D eigenvalue weighted by atomic mass is 16.5. The number of ketones is 1. The van der Waals surface area contributed by atoms with E-state index in [0.29, 0.717) is 30.4 Å². The van der Waals surface area contributed by atoms with E-state index in [9.17, 15) is 9.90 Å². The zero-order chi connectivity index (χ0) is 18.8. The average Bonchev–Trinajstić information content (AvgIpc) is 2.57. The van der Waals surface area contributed by atoms with Crippen LogP contribution < -0.4 is 10.1 Å². The van der Waals surface area contributed by atoms with Gasteiger partial charge in [-0.2, -0.15) is 0 Å². The molecule has 5 nitrogen and oxygen atoms in total. The third-order valence-electron chi connectivity index (χ3n) is 3.93. The normalized spacial score (nSPS) is 13.7. The number of benzene rings is 1. The van der Waals surface area contributed by atoms with Crippen molar-refractivity contribution >= 4 is 5.78 Å². The van der Waals surface area contributed by atoms with E-state index in [-0.39, 0.29) is 18.5 Å². The lowest BCUT2D eigenvalue weighted by Crippen LogP contribution is -2.33. The summed E-state index contributed by atoms with van der Waals surface area (Å²) < 4.78 is 11.6. The topological polar surface area (TPSA) is 67.8 Å². The van der Waals surface area contributed by atoms with Crippen molar-refractivity contribution < 1.29 is 19.4 Å². The average molecular weight is 351 g/mol. The molecule has 0 heterocycles. The van der Waals surface area contributed by atoms with Crippen molar-refractivity contribution in [3.8, 4) is 5.75 Å². The first-order valence-corrected chi connectivity index (χ1v) is 9.10. The minimum Gasteiger partial charge on any atom is -0.490 e. The van der Waals surface area contributed by atoms with Gasteiger partial charge in [0.1, 0.15) is 18.5 Å². The predicted octanol–water partition coefficient (Wildman–Crippen LogP) is 3.19. The third-order valence-corrected chi connectivity index (χ3v) is 3.93. The van der Waals surface area contributed by atoms with Crippen LogP contribution in [0.15, 0.2) is 18.2 Å². The van der Waals surface area contributed by atoms with E-state index in [2.05, 4.69) is 26.1 Å².